The first-order valence-corrected chi connectivity index (χ1v) is 8.38. The van der Waals surface area contributed by atoms with Gasteiger partial charge in [-0.05, 0) is 37.1 Å². The predicted molar refractivity (Wildman–Crippen MR) is 75.1 cm³/mol. The average Bonchev–Trinajstić information content (AvgIpc) is 2.42. The smallest absolute Gasteiger partial charge is 0.406 e. The van der Waals surface area contributed by atoms with Crippen LogP contribution in [0.2, 0.25) is 0 Å². The van der Waals surface area contributed by atoms with E-state index in [0.29, 0.717) is 19.3 Å². The van der Waals surface area contributed by atoms with E-state index in [2.05, 4.69) is 9.46 Å². The van der Waals surface area contributed by atoms with Crippen molar-refractivity contribution in [1.29, 1.82) is 0 Å². The maximum Gasteiger partial charge on any atom is 0.573 e. The summed E-state index contributed by atoms with van der Waals surface area (Å²) in [6.45, 7) is 0. The minimum atomic E-state index is -4.85. The Balaban J connectivity index is 2.10. The highest BCUT2D eigenvalue weighted by Crippen LogP contribution is 2.25. The van der Waals surface area contributed by atoms with Crippen LogP contribution in [-0.4, -0.2) is 38.1 Å². The summed E-state index contributed by atoms with van der Waals surface area (Å²) in [6.07, 6.45) is -4.15. The van der Waals surface area contributed by atoms with E-state index in [-0.39, 0.29) is 4.90 Å². The Kier molecular flexibility index (Phi) is 5.19. The first-order chi connectivity index (χ1) is 10.6. The number of halogens is 3. The largest absolute Gasteiger partial charge is 0.573 e. The Bertz CT molecular complexity index is 634. The number of rotatable bonds is 4. The number of alkyl halides is 3. The highest BCUT2D eigenvalue weighted by Gasteiger charge is 2.33. The normalized spacial score (nSPS) is 26.0. The van der Waals surface area contributed by atoms with Crippen molar-refractivity contribution in [1.82, 2.24) is 4.72 Å². The van der Waals surface area contributed by atoms with Gasteiger partial charge in [-0.1, -0.05) is 6.42 Å². The van der Waals surface area contributed by atoms with Crippen molar-refractivity contribution in [2.24, 2.45) is 5.73 Å². The molecule has 6 nitrogen and oxygen atoms in total. The fraction of sp³-hybridized carbons (Fsp3) is 0.538. The molecule has 0 heterocycles. The van der Waals surface area contributed by atoms with Crippen LogP contribution in [0.4, 0.5) is 13.2 Å². The fourth-order valence-corrected chi connectivity index (χ4v) is 3.72. The number of nitrogens with two attached hydrogens (primary N) is 1. The molecular formula is C13H17F3N2O4S. The Morgan fingerprint density at radius 3 is 2.39 bits per heavy atom. The lowest BCUT2D eigenvalue weighted by atomic mass is 9.89. The van der Waals surface area contributed by atoms with Crippen molar-refractivity contribution in [2.75, 3.05) is 0 Å². The first kappa shape index (κ1) is 18.0. The topological polar surface area (TPSA) is 102 Å². The van der Waals surface area contributed by atoms with Crippen LogP contribution in [-0.2, 0) is 10.0 Å². The van der Waals surface area contributed by atoms with Crippen LogP contribution in [0.5, 0.6) is 5.75 Å². The lowest BCUT2D eigenvalue weighted by Gasteiger charge is -2.32. The molecule has 1 aromatic carbocycles. The number of ether oxygens (including phenoxy) is 1. The molecule has 0 amide bonds. The lowest BCUT2D eigenvalue weighted by molar-refractivity contribution is -0.274. The molecule has 10 heteroatoms. The van der Waals surface area contributed by atoms with E-state index in [1.807, 2.05) is 0 Å². The second-order valence-corrected chi connectivity index (χ2v) is 7.05. The van der Waals surface area contributed by atoms with E-state index in [0.717, 1.165) is 24.3 Å². The average molecular weight is 354 g/mol. The van der Waals surface area contributed by atoms with Gasteiger partial charge >= 0.3 is 6.36 Å². The zero-order valence-corrected chi connectivity index (χ0v) is 12.8. The van der Waals surface area contributed by atoms with Crippen LogP contribution in [0.25, 0.3) is 0 Å². The Morgan fingerprint density at radius 2 is 1.83 bits per heavy atom. The van der Waals surface area contributed by atoms with Gasteiger partial charge in [-0.15, -0.1) is 13.2 Å². The van der Waals surface area contributed by atoms with E-state index in [4.69, 9.17) is 5.73 Å². The molecule has 0 unspecified atom stereocenters. The van der Waals surface area contributed by atoms with Gasteiger partial charge in [0.25, 0.3) is 0 Å². The summed E-state index contributed by atoms with van der Waals surface area (Å²) in [5.41, 5.74) is 5.70. The molecule has 1 aliphatic carbocycles. The van der Waals surface area contributed by atoms with Gasteiger partial charge in [0, 0.05) is 12.1 Å². The van der Waals surface area contributed by atoms with Gasteiger partial charge in [0.1, 0.15) is 5.75 Å². The predicted octanol–water partition coefficient (Wildman–Crippen LogP) is 1.10. The van der Waals surface area contributed by atoms with Crippen molar-refractivity contribution in [2.45, 2.75) is 48.7 Å². The van der Waals surface area contributed by atoms with E-state index < -0.39 is 40.3 Å². The molecule has 0 bridgehead atoms. The summed E-state index contributed by atoms with van der Waals surface area (Å²) in [4.78, 5) is -0.224. The number of benzene rings is 1. The minimum Gasteiger partial charge on any atom is -0.406 e. The quantitative estimate of drug-likeness (QED) is 0.752. The van der Waals surface area contributed by atoms with E-state index >= 15 is 0 Å². The van der Waals surface area contributed by atoms with Gasteiger partial charge in [-0.3, -0.25) is 0 Å². The Labute approximate surface area is 131 Å². The molecule has 0 radical (unpaired) electrons. The van der Waals surface area contributed by atoms with Crippen molar-refractivity contribution >= 4 is 10.0 Å². The molecule has 2 rings (SSSR count). The summed E-state index contributed by atoms with van der Waals surface area (Å²) >= 11 is 0. The third-order valence-corrected chi connectivity index (χ3v) is 5.08. The highest BCUT2D eigenvalue weighted by molar-refractivity contribution is 7.89. The third-order valence-electron chi connectivity index (χ3n) is 3.58. The zero-order chi connectivity index (χ0) is 17.3. The molecule has 1 fully saturated rings. The van der Waals surface area contributed by atoms with Crippen LogP contribution in [0.3, 0.4) is 0 Å². The molecule has 23 heavy (non-hydrogen) atoms. The molecule has 1 aliphatic rings. The van der Waals surface area contributed by atoms with Gasteiger partial charge in [0.05, 0.1) is 11.0 Å². The van der Waals surface area contributed by atoms with Crippen molar-refractivity contribution in [3.05, 3.63) is 24.3 Å². The summed E-state index contributed by atoms with van der Waals surface area (Å²) in [7, 11) is -3.98. The van der Waals surface area contributed by atoms with Crippen molar-refractivity contribution in [3.8, 4) is 5.75 Å². The van der Waals surface area contributed by atoms with E-state index in [9.17, 15) is 26.7 Å². The number of hydrogen-bond acceptors (Lipinski definition) is 5. The Morgan fingerprint density at radius 1 is 1.22 bits per heavy atom. The number of sulfonamides is 1. The second kappa shape index (κ2) is 6.63. The number of hydrogen-bond donors (Lipinski definition) is 3. The molecule has 130 valence electrons. The fourth-order valence-electron chi connectivity index (χ4n) is 2.43. The summed E-state index contributed by atoms with van der Waals surface area (Å²) < 4.78 is 66.7. The summed E-state index contributed by atoms with van der Waals surface area (Å²) in [6, 6.07) is 2.57. The van der Waals surface area contributed by atoms with E-state index in [1.165, 1.54) is 0 Å². The van der Waals surface area contributed by atoms with Gasteiger partial charge < -0.3 is 15.6 Å². The van der Waals surface area contributed by atoms with Gasteiger partial charge in [-0.25, -0.2) is 13.1 Å². The maximum absolute atomic E-state index is 12.2. The highest BCUT2D eigenvalue weighted by atomic mass is 32.2. The molecule has 0 spiro atoms. The zero-order valence-electron chi connectivity index (χ0n) is 12.0. The van der Waals surface area contributed by atoms with Gasteiger partial charge in [0.2, 0.25) is 10.0 Å². The van der Waals surface area contributed by atoms with Gasteiger partial charge in [-0.2, -0.15) is 0 Å². The van der Waals surface area contributed by atoms with Gasteiger partial charge in [0.15, 0.2) is 0 Å². The molecule has 0 saturated heterocycles. The number of nitrogens with one attached hydrogen (secondary N) is 1. The molecule has 0 aromatic heterocycles. The third kappa shape index (κ3) is 4.80. The second-order valence-electron chi connectivity index (χ2n) is 5.33. The minimum absolute atomic E-state index is 0.224. The first-order valence-electron chi connectivity index (χ1n) is 6.90. The van der Waals surface area contributed by atoms with Crippen molar-refractivity contribution in [3.63, 3.8) is 0 Å². The van der Waals surface area contributed by atoms with Crippen LogP contribution in [0.15, 0.2) is 29.2 Å². The monoisotopic (exact) mass is 354 g/mol. The molecular weight excluding hydrogens is 337 g/mol. The Hall–Kier alpha value is -1.36. The summed E-state index contributed by atoms with van der Waals surface area (Å²) in [5.74, 6) is -0.517. The molecule has 1 saturated carbocycles. The number of aliphatic hydroxyl groups excluding tert-OH is 1. The lowest BCUT2D eigenvalue weighted by Crippen LogP contribution is -2.53. The molecule has 4 N–H and O–H groups in total. The molecule has 0 aliphatic heterocycles. The number of aliphatic hydroxyl groups is 1. The standard InChI is InChI=1S/C13H17F3N2O4S/c14-13(15,16)22-8-4-6-9(7-5-8)23(20,21)18-11-3-1-2-10(17)12(11)19/h4-7,10-12,18-19H,1-3,17H2/t10-,11+,12+/m1/s1. The maximum atomic E-state index is 12.2. The summed E-state index contributed by atoms with van der Waals surface area (Å²) in [5, 5.41) is 9.92. The molecule has 3 atom stereocenters. The SMILES string of the molecule is N[C@@H]1CCC[C@H](NS(=O)(=O)c2ccc(OC(F)(F)F)cc2)[C@H]1O. The molecule has 1 aromatic rings. The van der Waals surface area contributed by atoms with Crippen LogP contribution < -0.4 is 15.2 Å². The van der Waals surface area contributed by atoms with Crippen LogP contribution in [0, 0.1) is 0 Å². The van der Waals surface area contributed by atoms with Crippen LogP contribution in [0.1, 0.15) is 19.3 Å². The van der Waals surface area contributed by atoms with Crippen LogP contribution >= 0.6 is 0 Å². The van der Waals surface area contributed by atoms with E-state index in [1.54, 1.807) is 0 Å². The van der Waals surface area contributed by atoms with Crippen molar-refractivity contribution < 1.29 is 31.4 Å².